The summed E-state index contributed by atoms with van der Waals surface area (Å²) in [5, 5.41) is 6.75. The summed E-state index contributed by atoms with van der Waals surface area (Å²) in [7, 11) is 0. The first kappa shape index (κ1) is 27.5. The fraction of sp³-hybridized carbons (Fsp3) is 0. The Kier molecular flexibility index (Phi) is 6.18. The Morgan fingerprint density at radius 3 is 1.76 bits per heavy atom. The molecule has 10 rings (SSSR count). The van der Waals surface area contributed by atoms with Crippen LogP contribution >= 0.6 is 0 Å². The second-order valence-corrected chi connectivity index (χ2v) is 12.5. The van der Waals surface area contributed by atoms with Gasteiger partial charge in [-0.3, -0.25) is 0 Å². The third-order valence-electron chi connectivity index (χ3n) is 9.67. The van der Waals surface area contributed by atoms with Crippen LogP contribution in [-0.2, 0) is 0 Å². The van der Waals surface area contributed by atoms with E-state index in [0.29, 0.717) is 0 Å². The van der Waals surface area contributed by atoms with Crippen LogP contribution in [0.15, 0.2) is 185 Å². The van der Waals surface area contributed by atoms with Crippen LogP contribution in [0.2, 0.25) is 0 Å². The van der Waals surface area contributed by atoms with Crippen LogP contribution in [0.5, 0.6) is 0 Å². The number of benzene rings is 8. The van der Waals surface area contributed by atoms with E-state index in [9.17, 15) is 0 Å². The van der Waals surface area contributed by atoms with E-state index < -0.39 is 0 Å². The molecule has 0 radical (unpaired) electrons. The van der Waals surface area contributed by atoms with Crippen LogP contribution in [0.4, 0.5) is 17.1 Å². The predicted octanol–water partition coefficient (Wildman–Crippen LogP) is 13.4. The molecule has 49 heavy (non-hydrogen) atoms. The molecule has 2 heterocycles. The van der Waals surface area contributed by atoms with E-state index >= 15 is 0 Å². The van der Waals surface area contributed by atoms with Gasteiger partial charge >= 0.3 is 0 Å². The number of fused-ring (bicyclic) bond motifs is 8. The second-order valence-electron chi connectivity index (χ2n) is 12.5. The minimum atomic E-state index is 0.868. The Hall–Kier alpha value is -6.58. The summed E-state index contributed by atoms with van der Waals surface area (Å²) < 4.78 is 12.7. The molecule has 3 nitrogen and oxygen atoms in total. The van der Waals surface area contributed by atoms with Gasteiger partial charge in [0.2, 0.25) is 0 Å². The predicted molar refractivity (Wildman–Crippen MR) is 204 cm³/mol. The summed E-state index contributed by atoms with van der Waals surface area (Å²) in [6, 6.07) is 62.1. The minimum Gasteiger partial charge on any atom is -0.456 e. The molecule has 0 atom stereocenters. The molecule has 0 unspecified atom stereocenters. The van der Waals surface area contributed by atoms with Crippen molar-refractivity contribution in [1.29, 1.82) is 0 Å². The van der Waals surface area contributed by atoms with Crippen LogP contribution in [0.25, 0.3) is 76.9 Å². The fourth-order valence-corrected chi connectivity index (χ4v) is 7.29. The maximum atomic E-state index is 6.61. The first-order chi connectivity index (χ1) is 24.3. The molecule has 0 N–H and O–H groups in total. The Morgan fingerprint density at radius 1 is 0.347 bits per heavy atom. The third kappa shape index (κ3) is 4.51. The Labute approximate surface area is 282 Å². The largest absolute Gasteiger partial charge is 0.456 e. The molecule has 0 bridgehead atoms. The number of hydrogen-bond acceptors (Lipinski definition) is 3. The van der Waals surface area contributed by atoms with Crippen molar-refractivity contribution in [2.45, 2.75) is 0 Å². The summed E-state index contributed by atoms with van der Waals surface area (Å²) in [5.41, 5.74) is 11.5. The number of rotatable bonds is 5. The number of nitrogens with zero attached hydrogens (tertiary/aromatic N) is 1. The second kappa shape index (κ2) is 11.0. The van der Waals surface area contributed by atoms with E-state index in [1.54, 1.807) is 0 Å². The molecule has 0 aliphatic heterocycles. The van der Waals surface area contributed by atoms with E-state index in [-0.39, 0.29) is 0 Å². The molecule has 10 aromatic rings. The highest BCUT2D eigenvalue weighted by molar-refractivity contribution is 6.19. The normalized spacial score (nSPS) is 11.7. The van der Waals surface area contributed by atoms with Gasteiger partial charge in [0.05, 0.1) is 11.1 Å². The Bertz CT molecular complexity index is 2810. The third-order valence-corrected chi connectivity index (χ3v) is 9.67. The van der Waals surface area contributed by atoms with Gasteiger partial charge in [-0.2, -0.15) is 0 Å². The minimum absolute atomic E-state index is 0.868. The topological polar surface area (TPSA) is 29.5 Å². The average molecular weight is 628 g/mol. The van der Waals surface area contributed by atoms with Crippen molar-refractivity contribution in [2.24, 2.45) is 0 Å². The zero-order chi connectivity index (χ0) is 32.3. The van der Waals surface area contributed by atoms with Gasteiger partial charge in [0, 0.05) is 32.9 Å². The SMILES string of the molecule is c1ccc(-c2ccc(N(c3ccc(-c4ccc5oc6ccccc6c5c4)cc3)c3cccc4oc5c6ccccc6ccc5c34)cc2)cc1. The number of hydrogen-bond donors (Lipinski definition) is 0. The summed E-state index contributed by atoms with van der Waals surface area (Å²) in [5.74, 6) is 0. The van der Waals surface area contributed by atoms with E-state index in [1.807, 2.05) is 12.1 Å². The van der Waals surface area contributed by atoms with E-state index in [4.69, 9.17) is 8.83 Å². The lowest BCUT2D eigenvalue weighted by Gasteiger charge is -2.26. The Morgan fingerprint density at radius 2 is 0.959 bits per heavy atom. The highest BCUT2D eigenvalue weighted by Gasteiger charge is 2.20. The zero-order valence-electron chi connectivity index (χ0n) is 26.5. The van der Waals surface area contributed by atoms with Gasteiger partial charge in [-0.15, -0.1) is 0 Å². The molecule has 0 spiro atoms. The highest BCUT2D eigenvalue weighted by atomic mass is 16.3. The standard InChI is InChI=1S/C46H29NO2/c1-2-9-30(10-3-1)31-17-23-35(24-18-31)47(41-14-8-16-44-45(41)39-27-21-33-11-4-5-12-37(33)46(39)49-44)36-25-19-32(20-26-36)34-22-28-43-40(29-34)38-13-6-7-15-42(38)48-43/h1-29H. The maximum Gasteiger partial charge on any atom is 0.143 e. The first-order valence-electron chi connectivity index (χ1n) is 16.6. The van der Waals surface area contributed by atoms with Gasteiger partial charge in [-0.05, 0) is 88.3 Å². The first-order valence-corrected chi connectivity index (χ1v) is 16.6. The molecule has 0 amide bonds. The lowest BCUT2D eigenvalue weighted by Crippen LogP contribution is -2.10. The molecular weight excluding hydrogens is 599 g/mol. The molecule has 0 aliphatic rings. The molecular formula is C46H29NO2. The Balaban J connectivity index is 1.13. The summed E-state index contributed by atoms with van der Waals surface area (Å²) in [6.45, 7) is 0. The summed E-state index contributed by atoms with van der Waals surface area (Å²) >= 11 is 0. The van der Waals surface area contributed by atoms with E-state index in [2.05, 4.69) is 169 Å². The monoisotopic (exact) mass is 627 g/mol. The number of para-hydroxylation sites is 1. The molecule has 8 aromatic carbocycles. The van der Waals surface area contributed by atoms with Crippen molar-refractivity contribution < 1.29 is 8.83 Å². The van der Waals surface area contributed by atoms with Crippen LogP contribution in [0.3, 0.4) is 0 Å². The van der Waals surface area contributed by atoms with Gasteiger partial charge in [0.15, 0.2) is 0 Å². The smallest absolute Gasteiger partial charge is 0.143 e. The lowest BCUT2D eigenvalue weighted by atomic mass is 10.0. The highest BCUT2D eigenvalue weighted by Crippen LogP contribution is 2.45. The van der Waals surface area contributed by atoms with Gasteiger partial charge in [-0.1, -0.05) is 115 Å². The maximum absolute atomic E-state index is 6.61. The van der Waals surface area contributed by atoms with Crippen molar-refractivity contribution >= 4 is 71.7 Å². The quantitative estimate of drug-likeness (QED) is 0.190. The van der Waals surface area contributed by atoms with Crippen LogP contribution in [0, 0.1) is 0 Å². The zero-order valence-corrected chi connectivity index (χ0v) is 26.5. The molecule has 230 valence electrons. The van der Waals surface area contributed by atoms with Crippen LogP contribution in [0.1, 0.15) is 0 Å². The van der Waals surface area contributed by atoms with Crippen LogP contribution < -0.4 is 4.90 Å². The van der Waals surface area contributed by atoms with Crippen LogP contribution in [-0.4, -0.2) is 0 Å². The molecule has 0 fully saturated rings. The van der Waals surface area contributed by atoms with E-state index in [1.165, 1.54) is 16.5 Å². The van der Waals surface area contributed by atoms with Crippen molar-refractivity contribution in [3.8, 4) is 22.3 Å². The summed E-state index contributed by atoms with van der Waals surface area (Å²) in [6.07, 6.45) is 0. The molecule has 0 saturated carbocycles. The van der Waals surface area contributed by atoms with Gasteiger partial charge < -0.3 is 13.7 Å². The molecule has 3 heteroatoms. The van der Waals surface area contributed by atoms with Gasteiger partial charge in [0.1, 0.15) is 22.3 Å². The fourth-order valence-electron chi connectivity index (χ4n) is 7.29. The van der Waals surface area contributed by atoms with Crippen molar-refractivity contribution in [3.05, 3.63) is 176 Å². The number of furan rings is 2. The number of anilines is 3. The average Bonchev–Trinajstić information content (AvgIpc) is 3.75. The summed E-state index contributed by atoms with van der Waals surface area (Å²) in [4.78, 5) is 2.35. The van der Waals surface area contributed by atoms with Gasteiger partial charge in [-0.25, -0.2) is 0 Å². The van der Waals surface area contributed by atoms with Gasteiger partial charge in [0.25, 0.3) is 0 Å². The van der Waals surface area contributed by atoms with Crippen molar-refractivity contribution in [1.82, 2.24) is 0 Å². The lowest BCUT2D eigenvalue weighted by molar-refractivity contribution is 0.669. The molecule has 0 aliphatic carbocycles. The van der Waals surface area contributed by atoms with Crippen molar-refractivity contribution in [3.63, 3.8) is 0 Å². The van der Waals surface area contributed by atoms with Crippen molar-refractivity contribution in [2.75, 3.05) is 4.90 Å². The van der Waals surface area contributed by atoms with E-state index in [0.717, 1.165) is 77.5 Å². The molecule has 2 aromatic heterocycles. The molecule has 0 saturated heterocycles.